The van der Waals surface area contributed by atoms with Gasteiger partial charge in [-0.05, 0) is 50.4 Å². The van der Waals surface area contributed by atoms with Crippen molar-refractivity contribution in [3.63, 3.8) is 0 Å². The first-order valence-corrected chi connectivity index (χ1v) is 10.6. The summed E-state index contributed by atoms with van der Waals surface area (Å²) in [5, 5.41) is 20.5. The molecule has 1 rings (SSSR count). The number of unbranched alkanes of at least 4 members (excludes halogenated alkanes) is 4. The molecule has 1 aliphatic rings. The number of carbonyl (C=O) groups excluding carboxylic acids is 2. The van der Waals surface area contributed by atoms with E-state index in [9.17, 15) is 19.8 Å². The molecule has 156 valence electrons. The van der Waals surface area contributed by atoms with E-state index in [0.717, 1.165) is 32.1 Å². The summed E-state index contributed by atoms with van der Waals surface area (Å²) < 4.78 is 4.61. The number of hydrogen-bond acceptors (Lipinski definition) is 5. The van der Waals surface area contributed by atoms with Crippen molar-refractivity contribution in [3.8, 4) is 0 Å². The Morgan fingerprint density at radius 1 is 0.963 bits per heavy atom. The van der Waals surface area contributed by atoms with Gasteiger partial charge in [-0.25, -0.2) is 0 Å². The van der Waals surface area contributed by atoms with Gasteiger partial charge in [0.05, 0.1) is 19.3 Å². The molecule has 1 fully saturated rings. The first-order valence-electron chi connectivity index (χ1n) is 10.6. The van der Waals surface area contributed by atoms with Crippen LogP contribution in [0.4, 0.5) is 0 Å². The molecule has 2 N–H and O–H groups in total. The Balaban J connectivity index is 2.34. The van der Waals surface area contributed by atoms with Crippen LogP contribution in [0, 0.1) is 11.8 Å². The Bertz CT molecular complexity index is 460. The van der Waals surface area contributed by atoms with Crippen LogP contribution in [0.1, 0.15) is 84.0 Å². The van der Waals surface area contributed by atoms with Crippen molar-refractivity contribution in [1.29, 1.82) is 0 Å². The molecule has 0 aromatic carbocycles. The molecular formula is C22H38O5. The Kier molecular flexibility index (Phi) is 12.3. The molecule has 0 radical (unpaired) electrons. The highest BCUT2D eigenvalue weighted by Crippen LogP contribution is 2.38. The largest absolute Gasteiger partial charge is 0.469 e. The smallest absolute Gasteiger partial charge is 0.305 e. The summed E-state index contributed by atoms with van der Waals surface area (Å²) >= 11 is 0. The molecule has 4 atom stereocenters. The van der Waals surface area contributed by atoms with Gasteiger partial charge in [-0.2, -0.15) is 0 Å². The maximum atomic E-state index is 12.1. The number of methoxy groups -OCH3 is 1. The number of Topliss-reactive ketones (excluding diaryl/α,β-unsaturated/α-hetero) is 1. The maximum Gasteiger partial charge on any atom is 0.305 e. The first kappa shape index (κ1) is 23.8. The zero-order chi connectivity index (χ0) is 20.1. The molecule has 0 aromatic rings. The standard InChI is InChI=1S/C22H38O5/c1-3-4-5-8-11-17(23)14-15-19-18(20(24)16-21(19)25)12-9-6-7-10-13-22(26)27-2/h6,9,18-21,24-25H,3-5,7-8,10-16H2,1-2H3/t18-,19-,20+,21-/m1/s1. The molecule has 0 aliphatic heterocycles. The lowest BCUT2D eigenvalue weighted by Crippen LogP contribution is -2.22. The van der Waals surface area contributed by atoms with Gasteiger partial charge in [-0.15, -0.1) is 0 Å². The van der Waals surface area contributed by atoms with Crippen molar-refractivity contribution < 1.29 is 24.5 Å². The number of carbonyl (C=O) groups is 2. The first-order chi connectivity index (χ1) is 13.0. The highest BCUT2D eigenvalue weighted by atomic mass is 16.5. The third-order valence-electron chi connectivity index (χ3n) is 5.64. The molecule has 1 aliphatic carbocycles. The quantitative estimate of drug-likeness (QED) is 0.270. The van der Waals surface area contributed by atoms with Gasteiger partial charge in [0.2, 0.25) is 0 Å². The van der Waals surface area contributed by atoms with E-state index in [1.54, 1.807) is 0 Å². The summed E-state index contributed by atoms with van der Waals surface area (Å²) in [6.45, 7) is 2.16. The van der Waals surface area contributed by atoms with E-state index in [1.807, 2.05) is 12.2 Å². The SMILES string of the molecule is CCCCCCC(=O)CC[C@@H]1[C@@H](CC=CCCCC(=O)OC)[C@@H](O)C[C@H]1O. The van der Waals surface area contributed by atoms with Crippen LogP contribution in [-0.4, -0.2) is 41.3 Å². The van der Waals surface area contributed by atoms with Gasteiger partial charge in [0.15, 0.2) is 0 Å². The third-order valence-corrected chi connectivity index (χ3v) is 5.64. The third kappa shape index (κ3) is 9.52. The summed E-state index contributed by atoms with van der Waals surface area (Å²) in [5.41, 5.74) is 0. The molecule has 0 heterocycles. The van der Waals surface area contributed by atoms with Crippen LogP contribution in [-0.2, 0) is 14.3 Å². The predicted octanol–water partition coefficient (Wildman–Crippen LogP) is 3.95. The Hall–Kier alpha value is -1.20. The van der Waals surface area contributed by atoms with Gasteiger partial charge in [0.1, 0.15) is 5.78 Å². The second kappa shape index (κ2) is 13.9. The minimum Gasteiger partial charge on any atom is -0.469 e. The number of allylic oxidation sites excluding steroid dienone is 2. The highest BCUT2D eigenvalue weighted by Gasteiger charge is 2.40. The fourth-order valence-electron chi connectivity index (χ4n) is 3.95. The summed E-state index contributed by atoms with van der Waals surface area (Å²) in [7, 11) is 1.39. The van der Waals surface area contributed by atoms with Crippen LogP contribution in [0.5, 0.6) is 0 Å². The van der Waals surface area contributed by atoms with E-state index < -0.39 is 12.2 Å². The van der Waals surface area contributed by atoms with Crippen molar-refractivity contribution in [2.24, 2.45) is 11.8 Å². The number of hydrogen-bond donors (Lipinski definition) is 2. The Morgan fingerprint density at radius 2 is 1.70 bits per heavy atom. The maximum absolute atomic E-state index is 12.1. The van der Waals surface area contributed by atoms with Gasteiger partial charge in [-0.3, -0.25) is 9.59 Å². The van der Waals surface area contributed by atoms with Crippen LogP contribution in [0.15, 0.2) is 12.2 Å². The van der Waals surface area contributed by atoms with E-state index in [1.165, 1.54) is 13.5 Å². The van der Waals surface area contributed by atoms with Crippen LogP contribution >= 0.6 is 0 Å². The van der Waals surface area contributed by atoms with E-state index in [0.29, 0.717) is 38.5 Å². The second-order valence-electron chi connectivity index (χ2n) is 7.76. The number of rotatable bonds is 14. The van der Waals surface area contributed by atoms with Crippen molar-refractivity contribution in [3.05, 3.63) is 12.2 Å². The second-order valence-corrected chi connectivity index (χ2v) is 7.76. The fraction of sp³-hybridized carbons (Fsp3) is 0.818. The Morgan fingerprint density at radius 3 is 2.41 bits per heavy atom. The van der Waals surface area contributed by atoms with Gasteiger partial charge < -0.3 is 14.9 Å². The zero-order valence-electron chi connectivity index (χ0n) is 17.1. The summed E-state index contributed by atoms with van der Waals surface area (Å²) in [6.07, 6.45) is 12.3. The lowest BCUT2D eigenvalue weighted by atomic mass is 9.86. The normalized spacial score (nSPS) is 25.2. The molecule has 0 spiro atoms. The van der Waals surface area contributed by atoms with Gasteiger partial charge in [0.25, 0.3) is 0 Å². The number of ketones is 1. The number of esters is 1. The van der Waals surface area contributed by atoms with E-state index >= 15 is 0 Å². The van der Waals surface area contributed by atoms with Crippen molar-refractivity contribution >= 4 is 11.8 Å². The molecular weight excluding hydrogens is 344 g/mol. The lowest BCUT2D eigenvalue weighted by Gasteiger charge is -2.22. The minimum absolute atomic E-state index is 0.00440. The monoisotopic (exact) mass is 382 g/mol. The van der Waals surface area contributed by atoms with E-state index in [2.05, 4.69) is 11.7 Å². The molecule has 5 heteroatoms. The zero-order valence-corrected chi connectivity index (χ0v) is 17.1. The van der Waals surface area contributed by atoms with Crippen molar-refractivity contribution in [1.82, 2.24) is 0 Å². The average molecular weight is 383 g/mol. The van der Waals surface area contributed by atoms with Gasteiger partial charge in [0, 0.05) is 19.3 Å². The summed E-state index contributed by atoms with van der Waals surface area (Å²) in [6, 6.07) is 0. The summed E-state index contributed by atoms with van der Waals surface area (Å²) in [5.74, 6) is 0.0676. The highest BCUT2D eigenvalue weighted by molar-refractivity contribution is 5.78. The predicted molar refractivity (Wildman–Crippen MR) is 106 cm³/mol. The average Bonchev–Trinajstić information content (AvgIpc) is 2.92. The van der Waals surface area contributed by atoms with E-state index in [4.69, 9.17) is 0 Å². The van der Waals surface area contributed by atoms with E-state index in [-0.39, 0.29) is 23.6 Å². The molecule has 0 amide bonds. The minimum atomic E-state index is -0.523. The van der Waals surface area contributed by atoms with Crippen molar-refractivity contribution in [2.45, 2.75) is 96.2 Å². The van der Waals surface area contributed by atoms with Crippen LogP contribution < -0.4 is 0 Å². The topological polar surface area (TPSA) is 83.8 Å². The molecule has 0 unspecified atom stereocenters. The van der Waals surface area contributed by atoms with Crippen molar-refractivity contribution in [2.75, 3.05) is 7.11 Å². The molecule has 0 bridgehead atoms. The number of aliphatic hydroxyl groups is 2. The fourth-order valence-corrected chi connectivity index (χ4v) is 3.95. The van der Waals surface area contributed by atoms with Crippen LogP contribution in [0.3, 0.4) is 0 Å². The molecule has 5 nitrogen and oxygen atoms in total. The number of aliphatic hydroxyl groups excluding tert-OH is 2. The number of ether oxygens (including phenoxy) is 1. The molecule has 0 saturated heterocycles. The lowest BCUT2D eigenvalue weighted by molar-refractivity contribution is -0.140. The molecule has 0 aromatic heterocycles. The molecule has 1 saturated carbocycles. The Labute approximate surface area is 164 Å². The summed E-state index contributed by atoms with van der Waals surface area (Å²) in [4.78, 5) is 23.1. The van der Waals surface area contributed by atoms with Gasteiger partial charge >= 0.3 is 5.97 Å². The van der Waals surface area contributed by atoms with Crippen LogP contribution in [0.2, 0.25) is 0 Å². The molecule has 27 heavy (non-hydrogen) atoms. The van der Waals surface area contributed by atoms with Crippen LogP contribution in [0.25, 0.3) is 0 Å². The van der Waals surface area contributed by atoms with Gasteiger partial charge in [-0.1, -0.05) is 38.3 Å².